The summed E-state index contributed by atoms with van der Waals surface area (Å²) >= 11 is 3.45. The highest BCUT2D eigenvalue weighted by Gasteiger charge is 2.34. The van der Waals surface area contributed by atoms with E-state index in [4.69, 9.17) is 0 Å². The SMILES string of the molecule is CNC(=O)C(Cc1ccccc1)N(Cc1ccc(Br)cc1)C(=O)CN(c1cccc(C)c1C)S(=O)(=O)c1ccccc1. The molecule has 0 radical (unpaired) electrons. The van der Waals surface area contributed by atoms with E-state index in [0.717, 1.165) is 31.0 Å². The van der Waals surface area contributed by atoms with Gasteiger partial charge in [0.25, 0.3) is 10.0 Å². The molecule has 0 aliphatic rings. The minimum absolute atomic E-state index is 0.0744. The first-order valence-electron chi connectivity index (χ1n) is 13.5. The second-order valence-corrected chi connectivity index (χ2v) is 12.8. The molecule has 1 atom stereocenters. The number of hydrogen-bond acceptors (Lipinski definition) is 4. The maximum atomic E-state index is 14.4. The van der Waals surface area contributed by atoms with Crippen molar-refractivity contribution >= 4 is 43.5 Å². The van der Waals surface area contributed by atoms with E-state index in [1.165, 1.54) is 24.1 Å². The van der Waals surface area contributed by atoms with Crippen LogP contribution in [-0.2, 0) is 32.6 Å². The van der Waals surface area contributed by atoms with Gasteiger partial charge in [-0.3, -0.25) is 13.9 Å². The van der Waals surface area contributed by atoms with Gasteiger partial charge in [-0.25, -0.2) is 8.42 Å². The van der Waals surface area contributed by atoms with Crippen LogP contribution in [0.2, 0.25) is 0 Å². The molecule has 7 nitrogen and oxygen atoms in total. The summed E-state index contributed by atoms with van der Waals surface area (Å²) in [5, 5.41) is 2.70. The summed E-state index contributed by atoms with van der Waals surface area (Å²) in [6.45, 7) is 3.36. The Morgan fingerprint density at radius 2 is 1.43 bits per heavy atom. The van der Waals surface area contributed by atoms with Gasteiger partial charge in [-0.2, -0.15) is 0 Å². The van der Waals surface area contributed by atoms with Crippen LogP contribution in [0.1, 0.15) is 22.3 Å². The van der Waals surface area contributed by atoms with Gasteiger partial charge in [-0.05, 0) is 66.4 Å². The fourth-order valence-corrected chi connectivity index (χ4v) is 6.50. The number of hydrogen-bond donors (Lipinski definition) is 1. The zero-order valence-electron chi connectivity index (χ0n) is 23.8. The number of sulfonamides is 1. The fraction of sp³-hybridized carbons (Fsp3) is 0.212. The van der Waals surface area contributed by atoms with Gasteiger partial charge in [0.2, 0.25) is 11.8 Å². The van der Waals surface area contributed by atoms with Gasteiger partial charge >= 0.3 is 0 Å². The first-order valence-corrected chi connectivity index (χ1v) is 15.8. The Balaban J connectivity index is 1.81. The lowest BCUT2D eigenvalue weighted by Crippen LogP contribution is -2.53. The zero-order valence-corrected chi connectivity index (χ0v) is 26.2. The zero-order chi connectivity index (χ0) is 30.3. The summed E-state index contributed by atoms with van der Waals surface area (Å²) in [6, 6.07) is 29.5. The summed E-state index contributed by atoms with van der Waals surface area (Å²) in [6.07, 6.45) is 0.262. The summed E-state index contributed by atoms with van der Waals surface area (Å²) in [5.74, 6) is -0.837. The van der Waals surface area contributed by atoms with E-state index >= 15 is 0 Å². The number of benzene rings is 4. The van der Waals surface area contributed by atoms with Crippen molar-refractivity contribution in [2.24, 2.45) is 0 Å². The smallest absolute Gasteiger partial charge is 0.264 e. The van der Waals surface area contributed by atoms with Gasteiger partial charge in [0.15, 0.2) is 0 Å². The number of aryl methyl sites for hydroxylation is 1. The van der Waals surface area contributed by atoms with E-state index in [0.29, 0.717) is 5.69 Å². The van der Waals surface area contributed by atoms with Crippen LogP contribution in [0.25, 0.3) is 0 Å². The molecule has 2 amide bonds. The molecule has 0 saturated carbocycles. The Bertz CT molecular complexity index is 1630. The molecule has 0 saturated heterocycles. The minimum Gasteiger partial charge on any atom is -0.357 e. The molecule has 218 valence electrons. The van der Waals surface area contributed by atoms with Crippen molar-refractivity contribution in [1.82, 2.24) is 10.2 Å². The number of carbonyl (C=O) groups is 2. The fourth-order valence-electron chi connectivity index (χ4n) is 4.75. The van der Waals surface area contributed by atoms with Crippen molar-refractivity contribution in [3.8, 4) is 0 Å². The predicted molar refractivity (Wildman–Crippen MR) is 170 cm³/mol. The van der Waals surface area contributed by atoms with Crippen molar-refractivity contribution in [3.05, 3.63) is 130 Å². The monoisotopic (exact) mass is 647 g/mol. The molecule has 4 rings (SSSR count). The number of anilines is 1. The second-order valence-electron chi connectivity index (χ2n) is 10.0. The number of rotatable bonds is 11. The average Bonchev–Trinajstić information content (AvgIpc) is 3.00. The van der Waals surface area contributed by atoms with E-state index in [1.807, 2.05) is 74.5 Å². The Labute approximate surface area is 256 Å². The molecule has 1 N–H and O–H groups in total. The van der Waals surface area contributed by atoms with Gasteiger partial charge in [0.05, 0.1) is 10.6 Å². The molecule has 0 spiro atoms. The second kappa shape index (κ2) is 13.8. The van der Waals surface area contributed by atoms with Crippen LogP contribution in [0, 0.1) is 13.8 Å². The van der Waals surface area contributed by atoms with E-state index in [9.17, 15) is 18.0 Å². The third-order valence-electron chi connectivity index (χ3n) is 7.24. The van der Waals surface area contributed by atoms with Crippen molar-refractivity contribution < 1.29 is 18.0 Å². The highest BCUT2D eigenvalue weighted by atomic mass is 79.9. The number of carbonyl (C=O) groups excluding carboxylic acids is 2. The Morgan fingerprint density at radius 1 is 0.810 bits per heavy atom. The lowest BCUT2D eigenvalue weighted by atomic mass is 10.0. The van der Waals surface area contributed by atoms with Gasteiger partial charge in [0.1, 0.15) is 12.6 Å². The largest absolute Gasteiger partial charge is 0.357 e. The van der Waals surface area contributed by atoms with Crippen LogP contribution in [0.15, 0.2) is 112 Å². The molecule has 0 bridgehead atoms. The van der Waals surface area contributed by atoms with E-state index in [2.05, 4.69) is 21.2 Å². The third kappa shape index (κ3) is 7.27. The lowest BCUT2D eigenvalue weighted by Gasteiger charge is -2.34. The van der Waals surface area contributed by atoms with Crippen LogP contribution in [-0.4, -0.2) is 44.8 Å². The van der Waals surface area contributed by atoms with E-state index in [-0.39, 0.29) is 23.8 Å². The van der Waals surface area contributed by atoms with Crippen molar-refractivity contribution in [2.45, 2.75) is 37.8 Å². The van der Waals surface area contributed by atoms with Crippen LogP contribution >= 0.6 is 15.9 Å². The number of nitrogens with zero attached hydrogens (tertiary/aromatic N) is 2. The topological polar surface area (TPSA) is 86.8 Å². The quantitative estimate of drug-likeness (QED) is 0.228. The van der Waals surface area contributed by atoms with E-state index < -0.39 is 28.5 Å². The minimum atomic E-state index is -4.13. The van der Waals surface area contributed by atoms with Crippen LogP contribution in [0.5, 0.6) is 0 Å². The molecule has 42 heavy (non-hydrogen) atoms. The van der Waals surface area contributed by atoms with Crippen LogP contribution in [0.4, 0.5) is 5.69 Å². The molecule has 0 fully saturated rings. The third-order valence-corrected chi connectivity index (χ3v) is 9.54. The summed E-state index contributed by atoms with van der Waals surface area (Å²) in [4.78, 5) is 29.2. The Morgan fingerprint density at radius 3 is 2.05 bits per heavy atom. The maximum Gasteiger partial charge on any atom is 0.264 e. The first-order chi connectivity index (χ1) is 20.1. The van der Waals surface area contributed by atoms with Crippen molar-refractivity contribution in [2.75, 3.05) is 17.9 Å². The molecule has 4 aromatic rings. The number of amides is 2. The lowest BCUT2D eigenvalue weighted by molar-refractivity contribution is -0.139. The summed E-state index contributed by atoms with van der Waals surface area (Å²) in [7, 11) is -2.60. The normalized spacial score (nSPS) is 11.9. The highest BCUT2D eigenvalue weighted by Crippen LogP contribution is 2.29. The molecule has 0 aliphatic heterocycles. The highest BCUT2D eigenvalue weighted by molar-refractivity contribution is 9.10. The van der Waals surface area contributed by atoms with Crippen molar-refractivity contribution in [1.29, 1.82) is 0 Å². The average molecular weight is 649 g/mol. The van der Waals surface area contributed by atoms with Crippen LogP contribution < -0.4 is 9.62 Å². The maximum absolute atomic E-state index is 14.4. The molecule has 0 aromatic heterocycles. The number of nitrogens with one attached hydrogen (secondary N) is 1. The Kier molecular flexibility index (Phi) is 10.2. The first kappa shape index (κ1) is 31.0. The number of likely N-dealkylation sites (N-methyl/N-ethyl adjacent to an activating group) is 1. The van der Waals surface area contributed by atoms with Gasteiger partial charge in [-0.1, -0.05) is 88.7 Å². The summed E-state index contributed by atoms with van der Waals surface area (Å²) < 4.78 is 30.2. The van der Waals surface area contributed by atoms with E-state index in [1.54, 1.807) is 30.3 Å². The van der Waals surface area contributed by atoms with Crippen molar-refractivity contribution in [3.63, 3.8) is 0 Å². The molecule has 0 aliphatic carbocycles. The van der Waals surface area contributed by atoms with Gasteiger partial charge in [0, 0.05) is 24.5 Å². The standard InChI is InChI=1S/C33H34BrN3O4S/c1-24-11-10-16-30(25(24)2)37(42(40,41)29-14-8-5-9-15-29)23-32(38)36(22-27-17-19-28(34)20-18-27)31(33(39)35-3)21-26-12-6-4-7-13-26/h4-20,31H,21-23H2,1-3H3,(H,35,39). The molecule has 0 heterocycles. The summed E-state index contributed by atoms with van der Waals surface area (Å²) in [5.41, 5.74) is 3.74. The molecular weight excluding hydrogens is 614 g/mol. The van der Waals surface area contributed by atoms with Gasteiger partial charge in [-0.15, -0.1) is 0 Å². The molecule has 4 aromatic carbocycles. The Hall–Kier alpha value is -3.95. The molecule has 1 unspecified atom stereocenters. The molecular formula is C33H34BrN3O4S. The number of halogens is 1. The van der Waals surface area contributed by atoms with Crippen LogP contribution in [0.3, 0.4) is 0 Å². The molecule has 9 heteroatoms. The predicted octanol–water partition coefficient (Wildman–Crippen LogP) is 5.65. The van der Waals surface area contributed by atoms with Gasteiger partial charge < -0.3 is 10.2 Å².